The fourth-order valence-electron chi connectivity index (χ4n) is 4.32. The Hall–Kier alpha value is -1.99. The Morgan fingerprint density at radius 3 is 2.78 bits per heavy atom. The van der Waals surface area contributed by atoms with Crippen molar-refractivity contribution in [3.8, 4) is 0 Å². The molecule has 144 valence electrons. The predicted molar refractivity (Wildman–Crippen MR) is 108 cm³/mol. The quantitative estimate of drug-likeness (QED) is 0.880. The summed E-state index contributed by atoms with van der Waals surface area (Å²) < 4.78 is 0. The fraction of sp³-hybridized carbons (Fsp3) is 0.550. The summed E-state index contributed by atoms with van der Waals surface area (Å²) in [6.45, 7) is 6.02. The number of carbonyl (C=O) groups is 1. The summed E-state index contributed by atoms with van der Waals surface area (Å²) >= 11 is 1.46. The van der Waals surface area contributed by atoms with Crippen molar-refractivity contribution in [1.82, 2.24) is 20.0 Å². The first-order valence-corrected chi connectivity index (χ1v) is 10.5. The molecule has 0 radical (unpaired) electrons. The molecule has 1 unspecified atom stereocenters. The van der Waals surface area contributed by atoms with Crippen LogP contribution in [-0.2, 0) is 6.42 Å². The van der Waals surface area contributed by atoms with Crippen LogP contribution in [0.2, 0.25) is 0 Å². The lowest BCUT2D eigenvalue weighted by Crippen LogP contribution is -2.44. The van der Waals surface area contributed by atoms with E-state index >= 15 is 0 Å². The highest BCUT2D eigenvalue weighted by molar-refractivity contribution is 7.15. The minimum atomic E-state index is -0.0434. The van der Waals surface area contributed by atoms with Crippen molar-refractivity contribution < 1.29 is 4.79 Å². The number of hydrogen-bond donors (Lipinski definition) is 1. The van der Waals surface area contributed by atoms with Crippen LogP contribution in [0, 0.1) is 12.3 Å². The Kier molecular flexibility index (Phi) is 5.14. The SMILES string of the molecule is Cc1ccc(Cc2nnc(NC(=O)N3CCC4(CCCN(C)C4)C3)s2)cc1. The number of nitrogens with one attached hydrogen (secondary N) is 1. The second-order valence-corrected chi connectivity index (χ2v) is 9.17. The van der Waals surface area contributed by atoms with E-state index in [0.717, 1.165) is 37.5 Å². The Morgan fingerprint density at radius 1 is 1.19 bits per heavy atom. The molecule has 1 N–H and O–H groups in total. The number of aromatic nitrogens is 2. The normalized spacial score (nSPS) is 23.1. The summed E-state index contributed by atoms with van der Waals surface area (Å²) in [5.74, 6) is 0. The monoisotopic (exact) mass is 385 g/mol. The second-order valence-electron chi connectivity index (χ2n) is 8.11. The number of likely N-dealkylation sites (tertiary alicyclic amines) is 2. The van der Waals surface area contributed by atoms with Crippen LogP contribution in [0.15, 0.2) is 24.3 Å². The molecule has 2 aromatic rings. The Bertz CT molecular complexity index is 805. The minimum absolute atomic E-state index is 0.0434. The third kappa shape index (κ3) is 4.30. The van der Waals surface area contributed by atoms with Gasteiger partial charge in [-0.25, -0.2) is 4.79 Å². The Labute approximate surface area is 164 Å². The van der Waals surface area contributed by atoms with Gasteiger partial charge in [0.25, 0.3) is 0 Å². The van der Waals surface area contributed by atoms with Crippen LogP contribution < -0.4 is 5.32 Å². The largest absolute Gasteiger partial charge is 0.324 e. The van der Waals surface area contributed by atoms with E-state index < -0.39 is 0 Å². The molecule has 7 heteroatoms. The molecule has 1 atom stereocenters. The van der Waals surface area contributed by atoms with Crippen molar-refractivity contribution in [3.63, 3.8) is 0 Å². The predicted octanol–water partition coefficient (Wildman–Crippen LogP) is 3.39. The third-order valence-electron chi connectivity index (χ3n) is 5.73. The van der Waals surface area contributed by atoms with Gasteiger partial charge in [-0.1, -0.05) is 41.2 Å². The number of anilines is 1. The zero-order chi connectivity index (χ0) is 18.9. The maximum Gasteiger partial charge on any atom is 0.323 e. The Balaban J connectivity index is 1.34. The van der Waals surface area contributed by atoms with E-state index in [2.05, 4.69) is 58.7 Å². The summed E-state index contributed by atoms with van der Waals surface area (Å²) in [4.78, 5) is 17.0. The number of amides is 2. The highest BCUT2D eigenvalue weighted by atomic mass is 32.1. The number of urea groups is 1. The van der Waals surface area contributed by atoms with Crippen LogP contribution >= 0.6 is 11.3 Å². The highest BCUT2D eigenvalue weighted by Gasteiger charge is 2.42. The number of aryl methyl sites for hydroxylation is 1. The van der Waals surface area contributed by atoms with E-state index in [4.69, 9.17) is 0 Å². The summed E-state index contributed by atoms with van der Waals surface area (Å²) in [7, 11) is 2.18. The number of rotatable bonds is 3. The maximum atomic E-state index is 12.7. The molecular formula is C20H27N5OS. The highest BCUT2D eigenvalue weighted by Crippen LogP contribution is 2.38. The van der Waals surface area contributed by atoms with E-state index in [0.29, 0.717) is 5.13 Å². The standard InChI is InChI=1S/C20H27N5OS/c1-15-4-6-16(7-5-15)12-17-22-23-18(27-17)21-19(26)25-11-9-20(14-25)8-3-10-24(2)13-20/h4-7H,3,8-14H2,1-2H3,(H,21,23,26). The van der Waals surface area contributed by atoms with Crippen LogP contribution in [0.25, 0.3) is 0 Å². The van der Waals surface area contributed by atoms with Crippen LogP contribution in [0.5, 0.6) is 0 Å². The molecule has 1 aromatic heterocycles. The van der Waals surface area contributed by atoms with Crippen molar-refractivity contribution >= 4 is 22.5 Å². The Morgan fingerprint density at radius 2 is 2.00 bits per heavy atom. The molecule has 1 aromatic carbocycles. The fourth-order valence-corrected chi connectivity index (χ4v) is 5.09. The van der Waals surface area contributed by atoms with Crippen molar-refractivity contribution in [2.75, 3.05) is 38.5 Å². The number of nitrogens with zero attached hydrogens (tertiary/aromatic N) is 4. The molecule has 2 saturated heterocycles. The van der Waals surface area contributed by atoms with Crippen LogP contribution in [0.1, 0.15) is 35.4 Å². The first-order valence-electron chi connectivity index (χ1n) is 9.64. The molecule has 3 heterocycles. The van der Waals surface area contributed by atoms with Gasteiger partial charge in [0.1, 0.15) is 5.01 Å². The van der Waals surface area contributed by atoms with Gasteiger partial charge >= 0.3 is 6.03 Å². The van der Waals surface area contributed by atoms with Gasteiger partial charge in [-0.05, 0) is 45.3 Å². The van der Waals surface area contributed by atoms with Crippen molar-refractivity contribution in [2.45, 2.75) is 32.6 Å². The smallest absolute Gasteiger partial charge is 0.323 e. The molecule has 1 spiro atoms. The third-order valence-corrected chi connectivity index (χ3v) is 6.57. The molecule has 2 aliphatic heterocycles. The number of benzene rings is 1. The molecule has 2 fully saturated rings. The van der Waals surface area contributed by atoms with E-state index in [1.165, 1.54) is 41.9 Å². The molecule has 0 aliphatic carbocycles. The molecule has 6 nitrogen and oxygen atoms in total. The molecule has 2 amide bonds. The lowest BCUT2D eigenvalue weighted by molar-refractivity contribution is 0.117. The summed E-state index contributed by atoms with van der Waals surface area (Å²) in [6.07, 6.45) is 4.29. The van der Waals surface area contributed by atoms with Crippen molar-refractivity contribution in [3.05, 3.63) is 40.4 Å². The van der Waals surface area contributed by atoms with Crippen LogP contribution in [-0.4, -0.2) is 59.3 Å². The van der Waals surface area contributed by atoms with Gasteiger partial charge in [-0.15, -0.1) is 10.2 Å². The molecule has 4 rings (SSSR count). The van der Waals surface area contributed by atoms with Crippen LogP contribution in [0.4, 0.5) is 9.93 Å². The topological polar surface area (TPSA) is 61.4 Å². The van der Waals surface area contributed by atoms with Gasteiger partial charge in [0.15, 0.2) is 0 Å². The summed E-state index contributed by atoms with van der Waals surface area (Å²) in [5, 5.41) is 12.8. The van der Waals surface area contributed by atoms with E-state index in [1.54, 1.807) is 0 Å². The molecule has 27 heavy (non-hydrogen) atoms. The van der Waals surface area contributed by atoms with Gasteiger partial charge < -0.3 is 9.80 Å². The average molecular weight is 386 g/mol. The lowest BCUT2D eigenvalue weighted by atomic mass is 9.79. The number of hydrogen-bond acceptors (Lipinski definition) is 5. The number of piperidine rings is 1. The first kappa shape index (κ1) is 18.4. The van der Waals surface area contributed by atoms with Gasteiger partial charge in [0.05, 0.1) is 0 Å². The first-order chi connectivity index (χ1) is 13.0. The molecule has 0 saturated carbocycles. The number of carbonyl (C=O) groups excluding carboxylic acids is 1. The van der Waals surface area contributed by atoms with Crippen molar-refractivity contribution in [2.24, 2.45) is 5.41 Å². The minimum Gasteiger partial charge on any atom is -0.324 e. The van der Waals surface area contributed by atoms with Gasteiger partial charge in [-0.2, -0.15) is 0 Å². The lowest BCUT2D eigenvalue weighted by Gasteiger charge is -2.38. The maximum absolute atomic E-state index is 12.7. The van der Waals surface area contributed by atoms with E-state index in [9.17, 15) is 4.79 Å². The molecule has 2 aliphatic rings. The average Bonchev–Trinajstić information content (AvgIpc) is 3.24. The summed E-state index contributed by atoms with van der Waals surface area (Å²) in [5.41, 5.74) is 2.73. The van der Waals surface area contributed by atoms with Gasteiger partial charge in [0.2, 0.25) is 5.13 Å². The van der Waals surface area contributed by atoms with Gasteiger partial charge in [0, 0.05) is 31.5 Å². The van der Waals surface area contributed by atoms with Gasteiger partial charge in [-0.3, -0.25) is 5.32 Å². The summed E-state index contributed by atoms with van der Waals surface area (Å²) in [6, 6.07) is 8.38. The van der Waals surface area contributed by atoms with E-state index in [-0.39, 0.29) is 11.4 Å². The van der Waals surface area contributed by atoms with Crippen LogP contribution in [0.3, 0.4) is 0 Å². The zero-order valence-electron chi connectivity index (χ0n) is 16.1. The second kappa shape index (κ2) is 7.56. The van der Waals surface area contributed by atoms with E-state index in [1.807, 2.05) is 4.90 Å². The van der Waals surface area contributed by atoms with Crippen molar-refractivity contribution in [1.29, 1.82) is 0 Å². The zero-order valence-corrected chi connectivity index (χ0v) is 16.9. The molecule has 0 bridgehead atoms. The molecular weight excluding hydrogens is 358 g/mol.